The Bertz CT molecular complexity index is 1490. The number of nitrogens with zero attached hydrogens (tertiary/aromatic N) is 5. The number of urea groups is 1. The predicted octanol–water partition coefficient (Wildman–Crippen LogP) is 0.400. The van der Waals surface area contributed by atoms with Crippen LogP contribution in [0.2, 0.25) is 0 Å². The molecule has 2 saturated heterocycles. The maximum absolute atomic E-state index is 12.8. The number of fused-ring (bicyclic) bond motifs is 1. The predicted molar refractivity (Wildman–Crippen MR) is 142 cm³/mol. The van der Waals surface area contributed by atoms with Crippen molar-refractivity contribution < 1.29 is 33.0 Å². The van der Waals surface area contributed by atoms with E-state index in [1.165, 1.54) is 45.8 Å². The lowest BCUT2D eigenvalue weighted by Crippen LogP contribution is -2.42. The molecule has 4 heterocycles. The van der Waals surface area contributed by atoms with E-state index in [0.29, 0.717) is 25.3 Å². The van der Waals surface area contributed by atoms with E-state index in [9.17, 15) is 28.2 Å². The van der Waals surface area contributed by atoms with Gasteiger partial charge in [-0.05, 0) is 44.0 Å². The number of nitrogens with one attached hydrogen (secondary N) is 3. The number of amides is 3. The number of carbonyl (C=O) groups is 2. The number of sulfonamides is 1. The molecule has 2 aromatic heterocycles. The van der Waals surface area contributed by atoms with E-state index in [1.54, 1.807) is 6.92 Å². The zero-order valence-electron chi connectivity index (χ0n) is 21.6. The Hall–Kier alpha value is -3.70. The maximum Gasteiger partial charge on any atom is 0.324 e. The van der Waals surface area contributed by atoms with Crippen molar-refractivity contribution in [2.75, 3.05) is 30.3 Å². The van der Waals surface area contributed by atoms with Gasteiger partial charge < -0.3 is 25.6 Å². The molecule has 0 bridgehead atoms. The van der Waals surface area contributed by atoms with Crippen molar-refractivity contribution in [3.05, 3.63) is 36.9 Å². The smallest absolute Gasteiger partial charge is 0.324 e. The Labute approximate surface area is 229 Å². The van der Waals surface area contributed by atoms with Gasteiger partial charge >= 0.3 is 6.03 Å². The Morgan fingerprint density at radius 3 is 2.45 bits per heavy atom. The number of anilines is 2. The maximum atomic E-state index is 12.8. The number of benzene rings is 1. The van der Waals surface area contributed by atoms with Crippen molar-refractivity contribution >= 4 is 44.6 Å². The van der Waals surface area contributed by atoms with Crippen LogP contribution in [0.15, 0.2) is 41.8 Å². The number of rotatable bonds is 7. The number of imidazole rings is 1. The number of piperidine rings is 1. The van der Waals surface area contributed by atoms with Crippen LogP contribution in [0.5, 0.6) is 0 Å². The van der Waals surface area contributed by atoms with E-state index in [4.69, 9.17) is 4.74 Å². The molecule has 5 N–H and O–H groups in total. The van der Waals surface area contributed by atoms with Crippen molar-refractivity contribution in [3.63, 3.8) is 0 Å². The van der Waals surface area contributed by atoms with E-state index >= 15 is 0 Å². The van der Waals surface area contributed by atoms with Crippen LogP contribution in [0.4, 0.5) is 16.3 Å². The summed E-state index contributed by atoms with van der Waals surface area (Å²) in [5.74, 6) is -0.509. The van der Waals surface area contributed by atoms with Crippen LogP contribution < -0.4 is 16.0 Å². The molecule has 1 aromatic carbocycles. The Morgan fingerprint density at radius 2 is 1.75 bits per heavy atom. The fourth-order valence-corrected chi connectivity index (χ4v) is 6.26. The minimum absolute atomic E-state index is 0.0545. The second kappa shape index (κ2) is 11.4. The summed E-state index contributed by atoms with van der Waals surface area (Å²) in [7, 11) is -3.59. The Kier molecular flexibility index (Phi) is 7.95. The summed E-state index contributed by atoms with van der Waals surface area (Å²) in [4.78, 5) is 37.5. The first kappa shape index (κ1) is 27.9. The lowest BCUT2D eigenvalue weighted by Gasteiger charge is -2.25. The molecule has 2 aliphatic heterocycles. The van der Waals surface area contributed by atoms with Gasteiger partial charge in [-0.1, -0.05) is 6.42 Å². The summed E-state index contributed by atoms with van der Waals surface area (Å²) < 4.78 is 34.1. The fourth-order valence-electron chi connectivity index (χ4n) is 4.74. The molecule has 1 unspecified atom stereocenters. The highest BCUT2D eigenvalue weighted by molar-refractivity contribution is 7.89. The number of carbonyl (C=O) groups excluding carboxylic acids is 2. The average molecular weight is 575 g/mol. The molecule has 40 heavy (non-hydrogen) atoms. The number of aromatic nitrogens is 4. The molecule has 2 fully saturated rings. The molecule has 0 radical (unpaired) electrons. The fraction of sp³-hybridized carbons (Fsp3) is 0.458. The van der Waals surface area contributed by atoms with Gasteiger partial charge in [-0.2, -0.15) is 4.31 Å². The largest absolute Gasteiger partial charge is 0.387 e. The summed E-state index contributed by atoms with van der Waals surface area (Å²) in [6.45, 7) is 3.03. The second-order valence-electron chi connectivity index (χ2n) is 9.44. The van der Waals surface area contributed by atoms with Crippen molar-refractivity contribution in [1.82, 2.24) is 29.1 Å². The number of hydrogen-bond acceptors (Lipinski definition) is 10. The summed E-state index contributed by atoms with van der Waals surface area (Å²) >= 11 is 0. The molecule has 15 nitrogen and oxygen atoms in total. The van der Waals surface area contributed by atoms with Gasteiger partial charge in [0.25, 0.3) is 5.91 Å². The summed E-state index contributed by atoms with van der Waals surface area (Å²) in [6, 6.07) is 5.22. The van der Waals surface area contributed by atoms with Crippen molar-refractivity contribution in [2.24, 2.45) is 0 Å². The number of ether oxygens (including phenoxy) is 1. The average Bonchev–Trinajstić information content (AvgIpc) is 3.51. The molecule has 214 valence electrons. The summed E-state index contributed by atoms with van der Waals surface area (Å²) in [6.07, 6.45) is -0.212. The van der Waals surface area contributed by atoms with E-state index in [1.807, 2.05) is 0 Å². The number of aliphatic hydroxyl groups is 2. The molecule has 4 atom stereocenters. The van der Waals surface area contributed by atoms with Crippen LogP contribution in [0.1, 0.15) is 32.4 Å². The monoisotopic (exact) mass is 574 g/mol. The van der Waals surface area contributed by atoms with Gasteiger partial charge in [0.05, 0.1) is 11.2 Å². The highest BCUT2D eigenvalue weighted by Gasteiger charge is 2.47. The quantitative estimate of drug-likeness (QED) is 0.263. The van der Waals surface area contributed by atoms with E-state index < -0.39 is 46.5 Å². The molecular weight excluding hydrogens is 544 g/mol. The summed E-state index contributed by atoms with van der Waals surface area (Å²) in [5, 5.41) is 28.6. The lowest BCUT2D eigenvalue weighted by molar-refractivity contribution is -0.137. The van der Waals surface area contributed by atoms with Gasteiger partial charge in [0, 0.05) is 25.3 Å². The van der Waals surface area contributed by atoms with E-state index in [2.05, 4.69) is 30.9 Å². The highest BCUT2D eigenvalue weighted by atomic mass is 32.2. The number of likely N-dealkylation sites (N-methyl/N-ethyl adjacent to an activating group) is 1. The first-order valence-corrected chi connectivity index (χ1v) is 14.3. The van der Waals surface area contributed by atoms with Gasteiger partial charge in [0.1, 0.15) is 18.5 Å². The van der Waals surface area contributed by atoms with Gasteiger partial charge in [-0.25, -0.2) is 28.2 Å². The van der Waals surface area contributed by atoms with E-state index in [-0.39, 0.29) is 21.9 Å². The molecule has 2 aliphatic rings. The Morgan fingerprint density at radius 1 is 1.02 bits per heavy atom. The molecule has 3 aromatic rings. The van der Waals surface area contributed by atoms with Crippen LogP contribution in [-0.2, 0) is 19.6 Å². The number of aliphatic hydroxyl groups excluding tert-OH is 2. The van der Waals surface area contributed by atoms with Gasteiger partial charge in [-0.3, -0.25) is 14.7 Å². The third-order valence-electron chi connectivity index (χ3n) is 6.78. The molecule has 16 heteroatoms. The first-order valence-electron chi connectivity index (χ1n) is 12.9. The summed E-state index contributed by atoms with van der Waals surface area (Å²) in [5.41, 5.74) is 0.719. The third-order valence-corrected chi connectivity index (χ3v) is 8.69. The minimum atomic E-state index is -3.59. The van der Waals surface area contributed by atoms with Crippen LogP contribution in [-0.4, -0.2) is 92.3 Å². The van der Waals surface area contributed by atoms with Crippen LogP contribution in [0.25, 0.3) is 11.2 Å². The van der Waals surface area contributed by atoms with Crippen molar-refractivity contribution in [3.8, 4) is 0 Å². The van der Waals surface area contributed by atoms with Crippen LogP contribution >= 0.6 is 0 Å². The molecule has 0 spiro atoms. The second-order valence-corrected chi connectivity index (χ2v) is 11.4. The van der Waals surface area contributed by atoms with Crippen molar-refractivity contribution in [1.29, 1.82) is 0 Å². The van der Waals surface area contributed by atoms with Gasteiger partial charge in [0.2, 0.25) is 10.0 Å². The topological polar surface area (TPSA) is 201 Å². The molecule has 3 amide bonds. The zero-order chi connectivity index (χ0) is 28.4. The first-order chi connectivity index (χ1) is 19.2. The van der Waals surface area contributed by atoms with Crippen LogP contribution in [0, 0.1) is 0 Å². The highest BCUT2D eigenvalue weighted by Crippen LogP contribution is 2.32. The third kappa shape index (κ3) is 5.35. The standard InChI is InChI=1S/C24H30N8O7S/c1-2-25-22(35)19-17(33)18(34)23(39-19)32-13-28-16-20(26-12-27-21(16)32)30-24(36)29-14-6-8-15(9-7-14)40(37,38)31-10-4-3-5-11-31/h6-9,12-13,17-19,23,33-34H,2-5,10-11H2,1H3,(H,25,35)(H2,26,27,29,30,36)/t17?,18-,19-,23+/m0/s1. The van der Waals surface area contributed by atoms with Crippen LogP contribution in [0.3, 0.4) is 0 Å². The number of hydrogen-bond donors (Lipinski definition) is 5. The minimum Gasteiger partial charge on any atom is -0.387 e. The SMILES string of the molecule is CCNC(=O)[C@H]1O[C@@H](n2cnc3c(NC(=O)Nc4ccc(S(=O)(=O)N5CCCCC5)cc4)ncnc32)[C@@H](O)C1O. The van der Waals surface area contributed by atoms with E-state index in [0.717, 1.165) is 19.3 Å². The Balaban J connectivity index is 1.28. The molecular formula is C24H30N8O7S. The molecule has 5 rings (SSSR count). The van der Waals surface area contributed by atoms with Crippen molar-refractivity contribution in [2.45, 2.75) is 55.6 Å². The lowest BCUT2D eigenvalue weighted by atomic mass is 10.1. The molecule has 0 aliphatic carbocycles. The molecule has 0 saturated carbocycles. The zero-order valence-corrected chi connectivity index (χ0v) is 22.4. The van der Waals surface area contributed by atoms with Gasteiger partial charge in [0.15, 0.2) is 29.3 Å². The van der Waals surface area contributed by atoms with Gasteiger partial charge in [-0.15, -0.1) is 0 Å². The normalized spacial score (nSPS) is 23.7.